The fraction of sp³-hybridized carbons (Fsp3) is 1.00. The molecule has 0 aromatic rings. The molecule has 0 fully saturated rings. The molecule has 0 aliphatic rings. The van der Waals surface area contributed by atoms with Crippen LogP contribution in [-0.4, -0.2) is 0 Å². The molecule has 0 nitrogen and oxygen atoms in total. The third kappa shape index (κ3) is 1.94. The average Bonchev–Trinajstić information content (AvgIpc) is 2.04. The van der Waals surface area contributed by atoms with Crippen LogP contribution in [0.5, 0.6) is 0 Å². The molecule has 0 atom stereocenters. The van der Waals surface area contributed by atoms with Gasteiger partial charge in [-0.3, -0.25) is 0 Å². The summed E-state index contributed by atoms with van der Waals surface area (Å²) in [6, 6.07) is 0. The normalized spacial score (nSPS) is 16.3. The first-order valence-corrected chi connectivity index (χ1v) is 14.2. The Morgan fingerprint density at radius 3 is 0.900 bits per heavy atom. The molecule has 0 aliphatic carbocycles. The van der Waals surface area contributed by atoms with Gasteiger partial charge in [0.2, 0.25) is 0 Å². The van der Waals surface area contributed by atoms with Crippen molar-refractivity contribution in [1.29, 1.82) is 0 Å². The Bertz CT molecular complexity index is 79.8. The van der Waals surface area contributed by atoms with E-state index in [4.69, 9.17) is 0 Å². The van der Waals surface area contributed by atoms with Crippen molar-refractivity contribution < 1.29 is 18.8 Å². The second-order valence-electron chi connectivity index (χ2n) is 4.33. The Morgan fingerprint density at radius 1 is 0.700 bits per heavy atom. The molecule has 63 valence electrons. The molecule has 0 radical (unpaired) electrons. The van der Waals surface area contributed by atoms with Crippen LogP contribution in [0.1, 0.15) is 27.7 Å². The van der Waals surface area contributed by atoms with E-state index >= 15 is 0 Å². The van der Waals surface area contributed by atoms with Crippen molar-refractivity contribution in [2.45, 2.75) is 48.8 Å². The van der Waals surface area contributed by atoms with Gasteiger partial charge in [0.25, 0.3) is 0 Å². The standard InChI is InChI=1S/4C2H5.CH3.Zr/c4*1-2;;/h4*1H2,2H3;1H3;. The molecule has 1 heteroatoms. The molecule has 0 N–H and O–H groups in total. The maximum absolute atomic E-state index is 2.64. The molecule has 0 aromatic carbocycles. The minimum absolute atomic E-state index is 1.52. The summed E-state index contributed by atoms with van der Waals surface area (Å²) in [4.78, 5) is 0. The molecule has 0 aliphatic heterocycles. The van der Waals surface area contributed by atoms with Crippen LogP contribution in [-0.2, 0) is 18.8 Å². The summed E-state index contributed by atoms with van der Waals surface area (Å²) in [6.07, 6.45) is 0. The first-order chi connectivity index (χ1) is 4.54. The van der Waals surface area contributed by atoms with Crippen molar-refractivity contribution in [2.75, 3.05) is 0 Å². The topological polar surface area (TPSA) is 0 Å². The Kier molecular flexibility index (Phi) is 3.83. The second kappa shape index (κ2) is 3.52. The summed E-state index contributed by atoms with van der Waals surface area (Å²) in [7, 11) is 0. The van der Waals surface area contributed by atoms with E-state index in [0.29, 0.717) is 0 Å². The monoisotopic (exact) mass is 221 g/mol. The molecule has 0 saturated carbocycles. The maximum atomic E-state index is 2.64. The van der Waals surface area contributed by atoms with Crippen molar-refractivity contribution in [3.8, 4) is 0 Å². The second-order valence-corrected chi connectivity index (χ2v) is 25.6. The Balaban J connectivity index is 4.42. The summed E-state index contributed by atoms with van der Waals surface area (Å²) in [5.41, 5.74) is 0. The Labute approximate surface area is 67.5 Å². The SMILES string of the molecule is C[CH2][Zr]([CH3])([CH2]C)([CH2]C)[CH2]C. The van der Waals surface area contributed by atoms with Crippen molar-refractivity contribution in [3.63, 3.8) is 0 Å². The van der Waals surface area contributed by atoms with Crippen LogP contribution in [0.3, 0.4) is 0 Å². The molecule has 0 amide bonds. The predicted octanol–water partition coefficient (Wildman–Crippen LogP) is 4.48. The van der Waals surface area contributed by atoms with E-state index in [1.54, 1.807) is 0 Å². The third-order valence-electron chi connectivity index (χ3n) is 4.41. The summed E-state index contributed by atoms with van der Waals surface area (Å²) in [5, 5.41) is 0. The van der Waals surface area contributed by atoms with Crippen LogP contribution in [0.2, 0.25) is 21.1 Å². The van der Waals surface area contributed by atoms with Crippen molar-refractivity contribution in [1.82, 2.24) is 0 Å². The van der Waals surface area contributed by atoms with Crippen LogP contribution in [0.15, 0.2) is 0 Å². The van der Waals surface area contributed by atoms with Gasteiger partial charge in [-0.25, -0.2) is 0 Å². The van der Waals surface area contributed by atoms with E-state index in [0.717, 1.165) is 0 Å². The third-order valence-corrected chi connectivity index (χ3v) is 26.1. The minimum atomic E-state index is -2.01. The molecular formula is C9H23Zr. The van der Waals surface area contributed by atoms with E-state index in [-0.39, 0.29) is 0 Å². The first-order valence-electron chi connectivity index (χ1n) is 4.74. The zero-order valence-corrected chi connectivity index (χ0v) is 10.8. The summed E-state index contributed by atoms with van der Waals surface area (Å²) in [6.45, 7) is 9.62. The molecule has 0 rings (SSSR count). The van der Waals surface area contributed by atoms with E-state index in [2.05, 4.69) is 32.3 Å². The molecular weight excluding hydrogens is 199 g/mol. The van der Waals surface area contributed by atoms with Gasteiger partial charge in [0.05, 0.1) is 0 Å². The zero-order chi connectivity index (χ0) is 8.28. The summed E-state index contributed by atoms with van der Waals surface area (Å²) in [5.74, 6) is 0. The average molecular weight is 223 g/mol. The predicted molar refractivity (Wildman–Crippen MR) is 47.8 cm³/mol. The number of hydrogen-bond donors (Lipinski definition) is 0. The van der Waals surface area contributed by atoms with Gasteiger partial charge >= 0.3 is 67.6 Å². The number of rotatable bonds is 4. The molecule has 10 heavy (non-hydrogen) atoms. The van der Waals surface area contributed by atoms with Gasteiger partial charge in [0, 0.05) is 0 Å². The van der Waals surface area contributed by atoms with Gasteiger partial charge in [-0.15, -0.1) is 0 Å². The van der Waals surface area contributed by atoms with Gasteiger partial charge in [-0.05, 0) is 0 Å². The molecule has 0 unspecified atom stereocenters. The Morgan fingerprint density at radius 2 is 0.900 bits per heavy atom. The van der Waals surface area contributed by atoms with Crippen molar-refractivity contribution in [2.24, 2.45) is 0 Å². The van der Waals surface area contributed by atoms with E-state index < -0.39 is 18.8 Å². The molecule has 0 heterocycles. The van der Waals surface area contributed by atoms with E-state index in [1.807, 2.05) is 0 Å². The van der Waals surface area contributed by atoms with Crippen LogP contribution < -0.4 is 0 Å². The van der Waals surface area contributed by atoms with Crippen molar-refractivity contribution >= 4 is 0 Å². The Hall–Kier alpha value is 0.883. The van der Waals surface area contributed by atoms with Gasteiger partial charge in [-0.1, -0.05) is 0 Å². The molecule has 0 saturated heterocycles. The van der Waals surface area contributed by atoms with Crippen LogP contribution in [0.25, 0.3) is 0 Å². The fourth-order valence-corrected chi connectivity index (χ4v) is 8.87. The van der Waals surface area contributed by atoms with E-state index in [1.165, 1.54) is 16.5 Å². The summed E-state index contributed by atoms with van der Waals surface area (Å²) >= 11 is -2.01. The summed E-state index contributed by atoms with van der Waals surface area (Å²) < 4.78 is 8.71. The molecule has 0 bridgehead atoms. The zero-order valence-electron chi connectivity index (χ0n) is 8.33. The van der Waals surface area contributed by atoms with Crippen LogP contribution >= 0.6 is 0 Å². The van der Waals surface area contributed by atoms with Gasteiger partial charge in [0.1, 0.15) is 0 Å². The van der Waals surface area contributed by atoms with E-state index in [9.17, 15) is 0 Å². The first kappa shape index (κ1) is 10.9. The quantitative estimate of drug-likeness (QED) is 0.658. The van der Waals surface area contributed by atoms with Gasteiger partial charge in [0.15, 0.2) is 0 Å². The van der Waals surface area contributed by atoms with Crippen LogP contribution in [0, 0.1) is 0 Å². The molecule has 0 spiro atoms. The van der Waals surface area contributed by atoms with Crippen molar-refractivity contribution in [3.05, 3.63) is 0 Å². The fourth-order valence-electron chi connectivity index (χ4n) is 1.50. The van der Waals surface area contributed by atoms with Gasteiger partial charge in [-0.2, -0.15) is 0 Å². The van der Waals surface area contributed by atoms with Crippen LogP contribution in [0.4, 0.5) is 0 Å². The molecule has 0 aromatic heterocycles. The van der Waals surface area contributed by atoms with Gasteiger partial charge < -0.3 is 0 Å². The number of hydrogen-bond acceptors (Lipinski definition) is 0.